The van der Waals surface area contributed by atoms with Crippen LogP contribution in [0.15, 0.2) is 53.4 Å². The fraction of sp³-hybridized carbons (Fsp3) is 0.235. The second kappa shape index (κ2) is 7.55. The molecule has 0 aromatic heterocycles. The first-order valence-electron chi connectivity index (χ1n) is 7.55. The molecular weight excluding hydrogens is 331 g/mol. The first kappa shape index (κ1) is 18.1. The van der Waals surface area contributed by atoms with E-state index in [-0.39, 0.29) is 10.5 Å². The second-order valence-electron chi connectivity index (χ2n) is 5.08. The number of carbonyl (C=O) groups excluding carboxylic acids is 1. The molecule has 0 spiro atoms. The van der Waals surface area contributed by atoms with Crippen LogP contribution >= 0.6 is 0 Å². The first-order chi connectivity index (χ1) is 11.4. The molecule has 0 heterocycles. The lowest BCUT2D eigenvalue weighted by Crippen LogP contribution is -2.30. The molecular formula is C17H19FN2O3S. The fourth-order valence-electron chi connectivity index (χ4n) is 2.26. The lowest BCUT2D eigenvalue weighted by atomic mass is 10.2. The number of sulfonamides is 1. The number of halogens is 1. The van der Waals surface area contributed by atoms with Crippen LogP contribution in [0.3, 0.4) is 0 Å². The van der Waals surface area contributed by atoms with E-state index in [1.54, 1.807) is 19.9 Å². The minimum Gasteiger partial charge on any atom is -0.322 e. The van der Waals surface area contributed by atoms with Gasteiger partial charge in [-0.05, 0) is 42.5 Å². The topological polar surface area (TPSA) is 66.5 Å². The average Bonchev–Trinajstić information content (AvgIpc) is 2.56. The Hall–Kier alpha value is -2.25. The van der Waals surface area contributed by atoms with Crippen molar-refractivity contribution in [2.45, 2.75) is 18.7 Å². The van der Waals surface area contributed by atoms with Crippen LogP contribution in [0.4, 0.5) is 10.1 Å². The third-order valence-corrected chi connectivity index (χ3v) is 5.61. The van der Waals surface area contributed by atoms with Gasteiger partial charge in [-0.2, -0.15) is 4.31 Å². The Morgan fingerprint density at radius 2 is 1.71 bits per heavy atom. The molecule has 0 saturated heterocycles. The molecule has 0 radical (unpaired) electrons. The molecule has 2 rings (SSSR count). The number of nitrogens with zero attached hydrogens (tertiary/aromatic N) is 1. The number of rotatable bonds is 6. The minimum atomic E-state index is -3.56. The van der Waals surface area contributed by atoms with Crippen molar-refractivity contribution in [2.24, 2.45) is 0 Å². The Morgan fingerprint density at radius 3 is 2.25 bits per heavy atom. The molecule has 0 unspecified atom stereocenters. The van der Waals surface area contributed by atoms with Crippen LogP contribution < -0.4 is 5.32 Å². The van der Waals surface area contributed by atoms with Crippen molar-refractivity contribution in [3.05, 3.63) is 59.9 Å². The van der Waals surface area contributed by atoms with Crippen molar-refractivity contribution >= 4 is 21.6 Å². The third kappa shape index (κ3) is 3.98. The van der Waals surface area contributed by atoms with Crippen molar-refractivity contribution in [3.63, 3.8) is 0 Å². The maximum atomic E-state index is 13.1. The number of hydrogen-bond donors (Lipinski definition) is 1. The molecule has 0 fully saturated rings. The van der Waals surface area contributed by atoms with Gasteiger partial charge in [-0.1, -0.05) is 19.9 Å². The molecule has 0 bridgehead atoms. The molecule has 0 aliphatic rings. The van der Waals surface area contributed by atoms with Gasteiger partial charge in [0, 0.05) is 24.3 Å². The minimum absolute atomic E-state index is 0.133. The summed E-state index contributed by atoms with van der Waals surface area (Å²) in [5, 5.41) is 2.56. The Bertz CT molecular complexity index is 816. The molecule has 1 N–H and O–H groups in total. The highest BCUT2D eigenvalue weighted by Gasteiger charge is 2.21. The zero-order valence-corrected chi connectivity index (χ0v) is 14.3. The van der Waals surface area contributed by atoms with Gasteiger partial charge in [-0.15, -0.1) is 0 Å². The van der Waals surface area contributed by atoms with Gasteiger partial charge in [0.2, 0.25) is 10.0 Å². The quantitative estimate of drug-likeness (QED) is 0.870. The third-order valence-electron chi connectivity index (χ3n) is 3.54. The van der Waals surface area contributed by atoms with Crippen LogP contribution in [-0.4, -0.2) is 31.7 Å². The zero-order valence-electron chi connectivity index (χ0n) is 13.5. The Morgan fingerprint density at radius 1 is 1.08 bits per heavy atom. The summed E-state index contributed by atoms with van der Waals surface area (Å²) >= 11 is 0. The molecule has 0 saturated carbocycles. The molecule has 24 heavy (non-hydrogen) atoms. The highest BCUT2D eigenvalue weighted by atomic mass is 32.2. The monoisotopic (exact) mass is 350 g/mol. The maximum absolute atomic E-state index is 13.1. The second-order valence-corrected chi connectivity index (χ2v) is 7.02. The summed E-state index contributed by atoms with van der Waals surface area (Å²) in [6.07, 6.45) is 0. The van der Waals surface area contributed by atoms with Gasteiger partial charge in [0.05, 0.1) is 4.90 Å². The van der Waals surface area contributed by atoms with Crippen molar-refractivity contribution in [2.75, 3.05) is 18.4 Å². The van der Waals surface area contributed by atoms with E-state index in [4.69, 9.17) is 0 Å². The van der Waals surface area contributed by atoms with Crippen molar-refractivity contribution < 1.29 is 17.6 Å². The van der Waals surface area contributed by atoms with Crippen LogP contribution in [0, 0.1) is 5.82 Å². The van der Waals surface area contributed by atoms with E-state index in [9.17, 15) is 17.6 Å². The average molecular weight is 350 g/mol. The lowest BCUT2D eigenvalue weighted by molar-refractivity contribution is 0.102. The summed E-state index contributed by atoms with van der Waals surface area (Å²) in [6.45, 7) is 4.28. The van der Waals surface area contributed by atoms with Gasteiger partial charge in [0.15, 0.2) is 0 Å². The van der Waals surface area contributed by atoms with Gasteiger partial charge in [0.25, 0.3) is 5.91 Å². The lowest BCUT2D eigenvalue weighted by Gasteiger charge is -2.18. The molecule has 2 aromatic rings. The van der Waals surface area contributed by atoms with Crippen LogP contribution in [0.5, 0.6) is 0 Å². The predicted octanol–water partition coefficient (Wildman–Crippen LogP) is 3.11. The molecule has 128 valence electrons. The maximum Gasteiger partial charge on any atom is 0.255 e. The summed E-state index contributed by atoms with van der Waals surface area (Å²) < 4.78 is 39.2. The Labute approximate surface area is 141 Å². The van der Waals surface area contributed by atoms with Gasteiger partial charge >= 0.3 is 0 Å². The highest BCUT2D eigenvalue weighted by Crippen LogP contribution is 2.17. The van der Waals surface area contributed by atoms with E-state index in [1.165, 1.54) is 46.8 Å². The smallest absolute Gasteiger partial charge is 0.255 e. The summed E-state index contributed by atoms with van der Waals surface area (Å²) in [7, 11) is -3.56. The van der Waals surface area contributed by atoms with Crippen LogP contribution in [0.1, 0.15) is 24.2 Å². The standard InChI is InChI=1S/C17H19FN2O3S/c1-3-20(4-2)24(22,23)16-10-8-13(9-11-16)17(21)19-15-7-5-6-14(18)12-15/h5-12H,3-4H2,1-2H3,(H,19,21). The number of anilines is 1. The fourth-order valence-corrected chi connectivity index (χ4v) is 3.72. The molecule has 2 aromatic carbocycles. The van der Waals surface area contributed by atoms with Crippen molar-refractivity contribution in [1.29, 1.82) is 0 Å². The molecule has 0 aliphatic carbocycles. The summed E-state index contributed by atoms with van der Waals surface area (Å²) in [5.74, 6) is -0.888. The SMILES string of the molecule is CCN(CC)S(=O)(=O)c1ccc(C(=O)Nc2cccc(F)c2)cc1. The molecule has 0 aliphatic heterocycles. The van der Waals surface area contributed by atoms with E-state index in [0.29, 0.717) is 18.8 Å². The highest BCUT2D eigenvalue weighted by molar-refractivity contribution is 7.89. The van der Waals surface area contributed by atoms with E-state index in [0.717, 1.165) is 0 Å². The number of nitrogens with one attached hydrogen (secondary N) is 1. The predicted molar refractivity (Wildman–Crippen MR) is 90.9 cm³/mol. The normalized spacial score (nSPS) is 11.5. The van der Waals surface area contributed by atoms with Gasteiger partial charge in [-0.25, -0.2) is 12.8 Å². The molecule has 1 amide bonds. The summed E-state index contributed by atoms with van der Waals surface area (Å²) in [4.78, 5) is 12.3. The first-order valence-corrected chi connectivity index (χ1v) is 8.99. The summed E-state index contributed by atoms with van der Waals surface area (Å²) in [6, 6.07) is 11.2. The zero-order chi connectivity index (χ0) is 17.7. The number of benzene rings is 2. The largest absolute Gasteiger partial charge is 0.322 e. The van der Waals surface area contributed by atoms with E-state index < -0.39 is 21.7 Å². The number of amides is 1. The molecule has 7 heteroatoms. The molecule has 5 nitrogen and oxygen atoms in total. The van der Waals surface area contributed by atoms with Gasteiger partial charge in [-0.3, -0.25) is 4.79 Å². The van der Waals surface area contributed by atoms with Crippen molar-refractivity contribution in [1.82, 2.24) is 4.31 Å². The van der Waals surface area contributed by atoms with Gasteiger partial charge < -0.3 is 5.32 Å². The Balaban J connectivity index is 2.18. The Kier molecular flexibility index (Phi) is 5.69. The van der Waals surface area contributed by atoms with Crippen LogP contribution in [0.25, 0.3) is 0 Å². The van der Waals surface area contributed by atoms with Crippen LogP contribution in [0.2, 0.25) is 0 Å². The van der Waals surface area contributed by atoms with E-state index in [1.807, 2.05) is 0 Å². The van der Waals surface area contributed by atoms with E-state index >= 15 is 0 Å². The van der Waals surface area contributed by atoms with E-state index in [2.05, 4.69) is 5.32 Å². The van der Waals surface area contributed by atoms with Crippen LogP contribution in [-0.2, 0) is 10.0 Å². The number of hydrogen-bond acceptors (Lipinski definition) is 3. The summed E-state index contributed by atoms with van der Waals surface area (Å²) in [5.41, 5.74) is 0.623. The van der Waals surface area contributed by atoms with Gasteiger partial charge in [0.1, 0.15) is 5.82 Å². The number of carbonyl (C=O) groups is 1. The van der Waals surface area contributed by atoms with Crippen molar-refractivity contribution in [3.8, 4) is 0 Å². The molecule has 0 atom stereocenters.